The molecular weight excluding hydrogens is 419 g/mol. The largest absolute Gasteiger partial charge is 0.505 e. The van der Waals surface area contributed by atoms with Gasteiger partial charge in [-0.15, -0.1) is 0 Å². The van der Waals surface area contributed by atoms with Crippen LogP contribution >= 0.6 is 11.6 Å². The molecule has 3 aromatic carbocycles. The Morgan fingerprint density at radius 1 is 1.03 bits per heavy atom. The number of aromatic hydroxyl groups is 1. The number of carbonyl (C=O) groups is 1. The summed E-state index contributed by atoms with van der Waals surface area (Å²) >= 11 is 5.93. The molecule has 0 fully saturated rings. The van der Waals surface area contributed by atoms with Crippen LogP contribution in [0.4, 0.5) is 10.1 Å². The van der Waals surface area contributed by atoms with Crippen LogP contribution in [0.5, 0.6) is 5.75 Å². The average molecular weight is 433 g/mol. The fourth-order valence-corrected chi connectivity index (χ4v) is 4.59. The Bertz CT molecular complexity index is 1260. The van der Waals surface area contributed by atoms with Crippen molar-refractivity contribution in [2.45, 2.75) is 11.4 Å². The molecule has 0 saturated carbocycles. The van der Waals surface area contributed by atoms with Crippen molar-refractivity contribution < 1.29 is 22.7 Å². The van der Waals surface area contributed by atoms with E-state index in [1.54, 1.807) is 24.3 Å². The van der Waals surface area contributed by atoms with E-state index in [2.05, 4.69) is 10.0 Å². The van der Waals surface area contributed by atoms with Crippen molar-refractivity contribution in [3.8, 4) is 16.9 Å². The zero-order valence-electron chi connectivity index (χ0n) is 14.7. The third-order valence-corrected chi connectivity index (χ3v) is 6.23. The van der Waals surface area contributed by atoms with E-state index in [1.165, 1.54) is 12.1 Å². The quantitative estimate of drug-likeness (QED) is 0.502. The normalized spacial score (nSPS) is 15.0. The smallest absolute Gasteiger partial charge is 0.265 e. The molecule has 0 spiro atoms. The summed E-state index contributed by atoms with van der Waals surface area (Å²) < 4.78 is 42.1. The zero-order chi connectivity index (χ0) is 20.8. The van der Waals surface area contributed by atoms with Crippen molar-refractivity contribution in [1.82, 2.24) is 5.32 Å². The zero-order valence-corrected chi connectivity index (χ0v) is 16.3. The fraction of sp³-hybridized carbons (Fsp3) is 0.0500. The third kappa shape index (κ3) is 3.52. The Morgan fingerprint density at radius 2 is 1.79 bits per heavy atom. The molecule has 0 aromatic heterocycles. The maximum Gasteiger partial charge on any atom is 0.265 e. The average Bonchev–Trinajstić information content (AvgIpc) is 2.69. The number of phenolic OH excluding ortho intramolecular Hbond substituents is 1. The summed E-state index contributed by atoms with van der Waals surface area (Å²) in [4.78, 5) is 12.0. The Morgan fingerprint density at radius 3 is 2.59 bits per heavy atom. The van der Waals surface area contributed by atoms with E-state index in [9.17, 15) is 22.7 Å². The van der Waals surface area contributed by atoms with Crippen LogP contribution in [0.15, 0.2) is 59.5 Å². The number of anilines is 1. The number of rotatable bonds is 0. The van der Waals surface area contributed by atoms with Crippen molar-refractivity contribution >= 4 is 33.2 Å². The summed E-state index contributed by atoms with van der Waals surface area (Å²) in [6, 6.07) is 13.3. The highest BCUT2D eigenvalue weighted by Crippen LogP contribution is 2.35. The van der Waals surface area contributed by atoms with Crippen molar-refractivity contribution in [1.29, 1.82) is 0 Å². The molecule has 3 aromatic rings. The van der Waals surface area contributed by atoms with Crippen molar-refractivity contribution in [3.05, 3.63) is 76.6 Å². The van der Waals surface area contributed by atoms with Crippen molar-refractivity contribution in [3.63, 3.8) is 0 Å². The summed E-state index contributed by atoms with van der Waals surface area (Å²) in [5, 5.41) is 12.5. The minimum Gasteiger partial charge on any atom is -0.505 e. The molecule has 29 heavy (non-hydrogen) atoms. The minimum absolute atomic E-state index is 0.0583. The molecule has 1 amide bonds. The molecule has 0 unspecified atom stereocenters. The highest BCUT2D eigenvalue weighted by atomic mass is 35.5. The van der Waals surface area contributed by atoms with Gasteiger partial charge < -0.3 is 10.4 Å². The molecule has 0 saturated heterocycles. The number of fused-ring (bicyclic) bond motifs is 6. The van der Waals surface area contributed by atoms with E-state index in [0.717, 1.165) is 23.8 Å². The fourth-order valence-electron chi connectivity index (χ4n) is 3.11. The number of phenols is 1. The summed E-state index contributed by atoms with van der Waals surface area (Å²) in [7, 11) is -4.44. The van der Waals surface area contributed by atoms with Gasteiger partial charge in [-0.1, -0.05) is 41.9 Å². The Labute approximate surface area is 171 Å². The first-order valence-corrected chi connectivity index (χ1v) is 10.3. The summed E-state index contributed by atoms with van der Waals surface area (Å²) in [6.07, 6.45) is 0. The maximum atomic E-state index is 14.4. The number of nitrogens with one attached hydrogen (secondary N) is 2. The lowest BCUT2D eigenvalue weighted by atomic mass is 9.99. The van der Waals surface area contributed by atoms with Gasteiger partial charge >= 0.3 is 0 Å². The Kier molecular flexibility index (Phi) is 4.68. The lowest BCUT2D eigenvalue weighted by molar-refractivity contribution is 0.0950. The maximum absolute atomic E-state index is 14.4. The second kappa shape index (κ2) is 7.06. The first-order valence-electron chi connectivity index (χ1n) is 8.47. The van der Waals surface area contributed by atoms with Gasteiger partial charge in [0.05, 0.1) is 10.7 Å². The lowest BCUT2D eigenvalue weighted by Crippen LogP contribution is -2.23. The monoisotopic (exact) mass is 432 g/mol. The van der Waals surface area contributed by atoms with Crippen molar-refractivity contribution in [2.24, 2.45) is 0 Å². The van der Waals surface area contributed by atoms with Crippen LogP contribution < -0.4 is 10.0 Å². The van der Waals surface area contributed by atoms with Gasteiger partial charge in [0, 0.05) is 12.1 Å². The van der Waals surface area contributed by atoms with Crippen LogP contribution in [-0.2, 0) is 16.6 Å². The summed E-state index contributed by atoms with van der Waals surface area (Å²) in [5.41, 5.74) is 1.67. The van der Waals surface area contributed by atoms with Gasteiger partial charge in [0.25, 0.3) is 15.9 Å². The van der Waals surface area contributed by atoms with Gasteiger partial charge in [-0.05, 0) is 41.0 Å². The van der Waals surface area contributed by atoms with Gasteiger partial charge in [-0.3, -0.25) is 9.52 Å². The van der Waals surface area contributed by atoms with Crippen LogP contribution in [0.25, 0.3) is 11.1 Å². The number of amides is 1. The Balaban J connectivity index is 1.99. The van der Waals surface area contributed by atoms with E-state index in [4.69, 9.17) is 11.6 Å². The molecule has 148 valence electrons. The highest BCUT2D eigenvalue weighted by molar-refractivity contribution is 7.92. The van der Waals surface area contributed by atoms with Gasteiger partial charge in [0.1, 0.15) is 10.7 Å². The van der Waals surface area contributed by atoms with E-state index in [0.29, 0.717) is 11.1 Å². The standard InChI is InChI=1S/C20H14ClFN2O4S/c21-15-7-13-9-18(19(15)25)29(27,28)24-17-8-11(5-6-16(17)22)14-4-2-1-3-12(14)10-23-20(13)26/h1-9,24-25H,10H2,(H,23,26). The first-order chi connectivity index (χ1) is 13.8. The first kappa shape index (κ1) is 19.2. The molecule has 1 heterocycles. The van der Waals surface area contributed by atoms with E-state index in [1.807, 2.05) is 0 Å². The lowest BCUT2D eigenvalue weighted by Gasteiger charge is -2.13. The van der Waals surface area contributed by atoms with Crippen LogP contribution in [-0.4, -0.2) is 19.4 Å². The molecule has 0 atom stereocenters. The predicted molar refractivity (Wildman–Crippen MR) is 107 cm³/mol. The number of benzene rings is 3. The second-order valence-corrected chi connectivity index (χ2v) is 8.50. The van der Waals surface area contributed by atoms with E-state index < -0.39 is 32.4 Å². The molecule has 1 aliphatic heterocycles. The van der Waals surface area contributed by atoms with Gasteiger partial charge in [0.2, 0.25) is 0 Å². The molecule has 6 nitrogen and oxygen atoms in total. The molecule has 0 aliphatic carbocycles. The molecule has 3 N–H and O–H groups in total. The number of sulfonamides is 1. The summed E-state index contributed by atoms with van der Waals surface area (Å²) in [5.74, 6) is -2.10. The number of halogens is 2. The van der Waals surface area contributed by atoms with E-state index in [-0.39, 0.29) is 22.8 Å². The minimum atomic E-state index is -4.44. The number of hydrogen-bond donors (Lipinski definition) is 3. The molecule has 0 radical (unpaired) electrons. The van der Waals surface area contributed by atoms with Crippen LogP contribution in [0, 0.1) is 5.82 Å². The number of carbonyl (C=O) groups excluding carboxylic acids is 1. The third-order valence-electron chi connectivity index (χ3n) is 4.56. The molecular formula is C20H14ClFN2O4S. The molecule has 1 aliphatic rings. The molecule has 4 rings (SSSR count). The highest BCUT2D eigenvalue weighted by Gasteiger charge is 2.25. The van der Waals surface area contributed by atoms with Crippen LogP contribution in [0.3, 0.4) is 0 Å². The Hall–Kier alpha value is -3.10. The summed E-state index contributed by atoms with van der Waals surface area (Å²) in [6.45, 7) is 0.149. The van der Waals surface area contributed by atoms with Gasteiger partial charge in [0.15, 0.2) is 5.75 Å². The van der Waals surface area contributed by atoms with Crippen LogP contribution in [0.1, 0.15) is 15.9 Å². The van der Waals surface area contributed by atoms with E-state index >= 15 is 0 Å². The second-order valence-electron chi connectivity index (χ2n) is 6.44. The van der Waals surface area contributed by atoms with Gasteiger partial charge in [-0.25, -0.2) is 12.8 Å². The molecule has 9 heteroatoms. The topological polar surface area (TPSA) is 95.5 Å². The molecule has 4 bridgehead atoms. The van der Waals surface area contributed by atoms with Crippen LogP contribution in [0.2, 0.25) is 5.02 Å². The predicted octanol–water partition coefficient (Wildman–Crippen LogP) is 3.90. The SMILES string of the molecule is O=C1NCc2ccccc2-c2ccc(F)c(c2)NS(=O)(=O)c2cc1cc(Cl)c2O. The van der Waals surface area contributed by atoms with Gasteiger partial charge in [-0.2, -0.15) is 0 Å². The van der Waals surface area contributed by atoms with Crippen molar-refractivity contribution in [2.75, 3.05) is 4.72 Å². The number of hydrogen-bond acceptors (Lipinski definition) is 4.